The summed E-state index contributed by atoms with van der Waals surface area (Å²) in [5, 5.41) is 10.2. The highest BCUT2D eigenvalue weighted by molar-refractivity contribution is 5.89. The molecule has 0 heterocycles. The number of esters is 2. The Morgan fingerprint density at radius 1 is 0.639 bits per heavy atom. The van der Waals surface area contributed by atoms with Crippen LogP contribution in [0.25, 0.3) is 22.3 Å². The van der Waals surface area contributed by atoms with E-state index >= 15 is 0 Å². The predicted molar refractivity (Wildman–Crippen MR) is 140 cm³/mol. The van der Waals surface area contributed by atoms with E-state index in [4.69, 9.17) is 14.2 Å². The van der Waals surface area contributed by atoms with Gasteiger partial charge in [-0.1, -0.05) is 44.0 Å². The van der Waals surface area contributed by atoms with E-state index in [1.165, 1.54) is 0 Å². The molecule has 6 heteroatoms. The first kappa shape index (κ1) is 26.2. The third kappa shape index (κ3) is 6.81. The van der Waals surface area contributed by atoms with E-state index in [1.54, 1.807) is 57.2 Å². The van der Waals surface area contributed by atoms with Gasteiger partial charge in [0.25, 0.3) is 0 Å². The van der Waals surface area contributed by atoms with Gasteiger partial charge < -0.3 is 19.3 Å². The number of carbonyl (C=O) groups excluding carboxylic acids is 2. The van der Waals surface area contributed by atoms with Gasteiger partial charge in [-0.2, -0.15) is 0 Å². The zero-order valence-corrected chi connectivity index (χ0v) is 20.5. The van der Waals surface area contributed by atoms with E-state index < -0.39 is 18.2 Å². The molecular formula is C30H28O6. The third-order valence-corrected chi connectivity index (χ3v) is 5.07. The molecule has 0 aliphatic carbocycles. The van der Waals surface area contributed by atoms with Crippen LogP contribution in [0, 0.1) is 0 Å². The molecule has 0 aromatic heterocycles. The zero-order valence-electron chi connectivity index (χ0n) is 20.5. The number of aliphatic hydroxyl groups excluding tert-OH is 1. The molecule has 0 aliphatic heterocycles. The van der Waals surface area contributed by atoms with Crippen LogP contribution in [0.2, 0.25) is 0 Å². The van der Waals surface area contributed by atoms with E-state index in [-0.39, 0.29) is 0 Å². The lowest BCUT2D eigenvalue weighted by atomic mass is 9.98. The summed E-state index contributed by atoms with van der Waals surface area (Å²) in [6, 6.07) is 19.6. The largest absolute Gasteiger partial charge is 0.461 e. The number of benzene rings is 3. The summed E-state index contributed by atoms with van der Waals surface area (Å²) >= 11 is 0. The fourth-order valence-electron chi connectivity index (χ4n) is 3.05. The van der Waals surface area contributed by atoms with Crippen molar-refractivity contribution in [1.82, 2.24) is 0 Å². The van der Waals surface area contributed by atoms with Crippen molar-refractivity contribution in [2.24, 2.45) is 0 Å². The van der Waals surface area contributed by atoms with Crippen molar-refractivity contribution in [2.45, 2.75) is 27.1 Å². The molecule has 0 bridgehead atoms. The normalized spacial score (nSPS) is 11.2. The number of hydrogen-bond acceptors (Lipinski definition) is 6. The molecule has 184 valence electrons. The van der Waals surface area contributed by atoms with Gasteiger partial charge in [-0.15, -0.1) is 0 Å². The third-order valence-electron chi connectivity index (χ3n) is 5.07. The quantitative estimate of drug-likeness (QED) is 0.127. The first-order valence-electron chi connectivity index (χ1n) is 11.1. The Morgan fingerprint density at radius 2 is 1.03 bits per heavy atom. The molecule has 1 atom stereocenters. The molecule has 0 amide bonds. The molecule has 0 radical (unpaired) electrons. The van der Waals surface area contributed by atoms with Crippen molar-refractivity contribution in [1.29, 1.82) is 0 Å². The van der Waals surface area contributed by atoms with Crippen LogP contribution < -0.4 is 14.2 Å². The minimum absolute atomic E-state index is 0.310. The number of carbonyl (C=O) groups is 2. The highest BCUT2D eigenvalue weighted by Gasteiger charge is 2.13. The molecule has 0 saturated carbocycles. The van der Waals surface area contributed by atoms with Crippen LogP contribution in [0.5, 0.6) is 17.2 Å². The van der Waals surface area contributed by atoms with Crippen LogP contribution >= 0.6 is 0 Å². The van der Waals surface area contributed by atoms with Crippen LogP contribution in [0.1, 0.15) is 20.8 Å². The fraction of sp³-hybridized carbons (Fsp3) is 0.133. The van der Waals surface area contributed by atoms with Gasteiger partial charge >= 0.3 is 11.9 Å². The van der Waals surface area contributed by atoms with E-state index in [9.17, 15) is 14.7 Å². The van der Waals surface area contributed by atoms with Gasteiger partial charge in [0.05, 0.1) is 0 Å². The van der Waals surface area contributed by atoms with Gasteiger partial charge in [0.1, 0.15) is 17.2 Å². The van der Waals surface area contributed by atoms with Crippen molar-refractivity contribution < 1.29 is 28.9 Å². The Bertz CT molecular complexity index is 1230. The minimum Gasteiger partial charge on any atom is -0.461 e. The van der Waals surface area contributed by atoms with Crippen LogP contribution in [-0.4, -0.2) is 23.3 Å². The molecular weight excluding hydrogens is 456 g/mol. The molecule has 1 N–H and O–H groups in total. The topological polar surface area (TPSA) is 82.1 Å². The predicted octanol–water partition coefficient (Wildman–Crippen LogP) is 6.26. The molecule has 3 aromatic carbocycles. The summed E-state index contributed by atoms with van der Waals surface area (Å²) in [5.74, 6) is 0.251. The first-order valence-corrected chi connectivity index (χ1v) is 11.1. The van der Waals surface area contributed by atoms with E-state index in [2.05, 4.69) is 19.7 Å². The second-order valence-electron chi connectivity index (χ2n) is 8.45. The number of aliphatic hydroxyl groups is 1. The molecule has 3 aromatic rings. The van der Waals surface area contributed by atoms with Crippen LogP contribution in [0.3, 0.4) is 0 Å². The maximum absolute atomic E-state index is 11.8. The molecule has 36 heavy (non-hydrogen) atoms. The molecule has 0 spiro atoms. The number of hydrogen-bond donors (Lipinski definition) is 1. The summed E-state index contributed by atoms with van der Waals surface area (Å²) < 4.78 is 16.2. The second-order valence-corrected chi connectivity index (χ2v) is 8.45. The minimum atomic E-state index is -1.17. The van der Waals surface area contributed by atoms with Gasteiger partial charge in [-0.25, -0.2) is 9.59 Å². The monoisotopic (exact) mass is 484 g/mol. The van der Waals surface area contributed by atoms with Crippen molar-refractivity contribution >= 4 is 11.9 Å². The standard InChI is InChI=1S/C30H28O6/c1-18(2)28(31)34-25-11-7-21(8-12-25)23-15-24(17-27(16-23)36-30(33)20(5)6)22-9-13-26(14-10-22)35-29(32)19(3)4/h7-17,30,33H,1,3,5H2,2,4,6H3. The summed E-state index contributed by atoms with van der Waals surface area (Å²) in [6.07, 6.45) is -1.17. The summed E-state index contributed by atoms with van der Waals surface area (Å²) in [7, 11) is 0. The van der Waals surface area contributed by atoms with Crippen molar-refractivity contribution in [2.75, 3.05) is 0 Å². The molecule has 6 nitrogen and oxygen atoms in total. The SMILES string of the molecule is C=C(C)C(=O)Oc1ccc(-c2cc(OC(O)C(=C)C)cc(-c3ccc(OC(=O)C(=C)C)cc3)c2)cc1. The Morgan fingerprint density at radius 3 is 1.36 bits per heavy atom. The van der Waals surface area contributed by atoms with Crippen LogP contribution in [-0.2, 0) is 9.59 Å². The fourth-order valence-corrected chi connectivity index (χ4v) is 3.05. The van der Waals surface area contributed by atoms with Crippen LogP contribution in [0.4, 0.5) is 0 Å². The van der Waals surface area contributed by atoms with Crippen molar-refractivity contribution in [3.05, 3.63) is 103 Å². The smallest absolute Gasteiger partial charge is 0.338 e. The zero-order chi connectivity index (χ0) is 26.4. The summed E-state index contributed by atoms with van der Waals surface area (Å²) in [6.45, 7) is 15.7. The lowest BCUT2D eigenvalue weighted by Crippen LogP contribution is -2.16. The maximum Gasteiger partial charge on any atom is 0.338 e. The van der Waals surface area contributed by atoms with E-state index in [0.29, 0.717) is 34.0 Å². The van der Waals surface area contributed by atoms with Gasteiger partial charge in [-0.3, -0.25) is 0 Å². The summed E-state index contributed by atoms with van der Waals surface area (Å²) in [4.78, 5) is 23.6. The molecule has 0 aliphatic rings. The average Bonchev–Trinajstić information content (AvgIpc) is 2.84. The van der Waals surface area contributed by atoms with Gasteiger partial charge in [0.15, 0.2) is 0 Å². The highest BCUT2D eigenvalue weighted by atomic mass is 16.6. The Kier molecular flexibility index (Phi) is 8.25. The Hall–Kier alpha value is -4.42. The van der Waals surface area contributed by atoms with Crippen molar-refractivity contribution in [3.63, 3.8) is 0 Å². The van der Waals surface area contributed by atoms with E-state index in [0.717, 1.165) is 22.3 Å². The van der Waals surface area contributed by atoms with Gasteiger partial charge in [0.2, 0.25) is 6.29 Å². The van der Waals surface area contributed by atoms with E-state index in [1.807, 2.05) is 30.3 Å². The lowest BCUT2D eigenvalue weighted by molar-refractivity contribution is -0.130. The number of rotatable bonds is 9. The van der Waals surface area contributed by atoms with Crippen LogP contribution in [0.15, 0.2) is 103 Å². The molecule has 1 unspecified atom stereocenters. The first-order chi connectivity index (χ1) is 17.0. The van der Waals surface area contributed by atoms with Gasteiger partial charge in [0, 0.05) is 11.1 Å². The summed E-state index contributed by atoms with van der Waals surface area (Å²) in [5.41, 5.74) is 4.39. The van der Waals surface area contributed by atoms with Gasteiger partial charge in [-0.05, 0) is 91.1 Å². The molecule has 3 rings (SSSR count). The lowest BCUT2D eigenvalue weighted by Gasteiger charge is -2.16. The Balaban J connectivity index is 1.96. The second kappa shape index (κ2) is 11.3. The highest BCUT2D eigenvalue weighted by Crippen LogP contribution is 2.34. The Labute approximate surface area is 210 Å². The molecule has 0 saturated heterocycles. The number of ether oxygens (including phenoxy) is 3. The maximum atomic E-state index is 11.8. The average molecular weight is 485 g/mol. The van der Waals surface area contributed by atoms with Crippen molar-refractivity contribution in [3.8, 4) is 39.5 Å². The molecule has 0 fully saturated rings.